The molecule has 0 heterocycles. The number of hydrogen-bond donors (Lipinski definition) is 1. The van der Waals surface area contributed by atoms with E-state index in [0.717, 1.165) is 18.9 Å². The summed E-state index contributed by atoms with van der Waals surface area (Å²) in [4.78, 5) is 0. The van der Waals surface area contributed by atoms with Crippen LogP contribution in [0.15, 0.2) is 24.3 Å². The second-order valence-corrected chi connectivity index (χ2v) is 7.39. The van der Waals surface area contributed by atoms with Gasteiger partial charge in [-0.25, -0.2) is 4.72 Å². The summed E-state index contributed by atoms with van der Waals surface area (Å²) in [6, 6.07) is 5.20. The normalized spacial score (nSPS) is 16.2. The van der Waals surface area contributed by atoms with Gasteiger partial charge in [-0.05, 0) is 36.8 Å². The molecule has 0 atom stereocenters. The van der Waals surface area contributed by atoms with Gasteiger partial charge in [-0.2, -0.15) is 25.9 Å². The fraction of sp³-hybridized carbons (Fsp3) is 0.571. The molecule has 1 aliphatic rings. The first-order valence-electron chi connectivity index (χ1n) is 7.06. The van der Waals surface area contributed by atoms with Crippen molar-refractivity contribution in [1.29, 1.82) is 0 Å². The van der Waals surface area contributed by atoms with E-state index in [1.165, 1.54) is 29.6 Å². The Hall–Kier alpha value is -1.12. The largest absolute Gasteiger partial charge is 0.416 e. The summed E-state index contributed by atoms with van der Waals surface area (Å²) in [5.74, 6) is 0.410. The summed E-state index contributed by atoms with van der Waals surface area (Å²) in [6.45, 7) is 0.388. The number of alkyl halides is 3. The topological polar surface area (TPSA) is 49.4 Å². The number of rotatable bonds is 7. The van der Waals surface area contributed by atoms with Crippen LogP contribution in [0.3, 0.4) is 0 Å². The van der Waals surface area contributed by atoms with Crippen LogP contribution in [0.5, 0.6) is 0 Å². The molecule has 0 radical (unpaired) electrons. The van der Waals surface area contributed by atoms with E-state index >= 15 is 0 Å². The maximum absolute atomic E-state index is 12.8. The molecule has 22 heavy (non-hydrogen) atoms. The molecule has 0 aliphatic heterocycles. The minimum Gasteiger partial charge on any atom is -0.202 e. The summed E-state index contributed by atoms with van der Waals surface area (Å²) >= 11 is 0. The van der Waals surface area contributed by atoms with Crippen LogP contribution < -0.4 is 4.72 Å². The molecular weight excluding hydrogens is 317 g/mol. The number of hydrogen-bond acceptors (Lipinski definition) is 2. The Bertz CT molecular complexity index is 613. The van der Waals surface area contributed by atoms with E-state index in [2.05, 4.69) is 4.72 Å². The van der Waals surface area contributed by atoms with Gasteiger partial charge in [0.1, 0.15) is 0 Å². The smallest absolute Gasteiger partial charge is 0.202 e. The van der Waals surface area contributed by atoms with Gasteiger partial charge in [0.05, 0.1) is 5.56 Å². The molecule has 0 saturated heterocycles. The van der Waals surface area contributed by atoms with Crippen molar-refractivity contribution in [3.8, 4) is 0 Å². The lowest BCUT2D eigenvalue weighted by molar-refractivity contribution is -0.138. The molecule has 1 aromatic rings. The summed E-state index contributed by atoms with van der Waals surface area (Å²) in [6.07, 6.45) is -2.39. The maximum atomic E-state index is 12.8. The van der Waals surface area contributed by atoms with Gasteiger partial charge < -0.3 is 0 Å². The van der Waals surface area contributed by atoms with E-state index in [-0.39, 0.29) is 18.5 Å². The average molecular weight is 336 g/mol. The Balaban J connectivity index is 1.93. The Morgan fingerprint density at radius 1 is 1.27 bits per heavy atom. The summed E-state index contributed by atoms with van der Waals surface area (Å²) < 4.78 is 66.0. The first-order valence-corrected chi connectivity index (χ1v) is 8.50. The van der Waals surface area contributed by atoms with Crippen LogP contribution in [-0.2, 0) is 22.8 Å². The quantitative estimate of drug-likeness (QED) is 0.831. The van der Waals surface area contributed by atoms with E-state index in [1.54, 1.807) is 0 Å². The van der Waals surface area contributed by atoms with Gasteiger partial charge in [0.15, 0.2) is 0 Å². The lowest BCUT2D eigenvalue weighted by Gasteiger charge is -2.18. The third-order valence-electron chi connectivity index (χ3n) is 3.62. The highest BCUT2D eigenvalue weighted by Gasteiger charge is 2.33. The number of nitrogens with one attached hydrogen (secondary N) is 1. The highest BCUT2D eigenvalue weighted by atomic mass is 32.2. The minimum absolute atomic E-state index is 0.00776. The summed E-state index contributed by atoms with van der Waals surface area (Å²) in [5, 5.41) is 0. The predicted octanol–water partition coefficient (Wildman–Crippen LogP) is 2.42. The molecule has 2 rings (SSSR count). The van der Waals surface area contributed by atoms with Crippen molar-refractivity contribution < 1.29 is 21.6 Å². The molecule has 0 spiro atoms. The van der Waals surface area contributed by atoms with Crippen LogP contribution in [0.25, 0.3) is 0 Å². The molecule has 1 aliphatic carbocycles. The van der Waals surface area contributed by atoms with Crippen molar-refractivity contribution in [1.82, 2.24) is 9.03 Å². The van der Waals surface area contributed by atoms with Crippen molar-refractivity contribution in [2.45, 2.75) is 25.4 Å². The van der Waals surface area contributed by atoms with Crippen molar-refractivity contribution in [2.75, 3.05) is 20.1 Å². The van der Waals surface area contributed by atoms with E-state index in [4.69, 9.17) is 0 Å². The highest BCUT2D eigenvalue weighted by Crippen LogP contribution is 2.32. The number of nitrogens with zero attached hydrogens (tertiary/aromatic N) is 1. The summed E-state index contributed by atoms with van der Waals surface area (Å²) in [5.41, 5.74) is -0.636. The average Bonchev–Trinajstić information content (AvgIpc) is 3.22. The standard InChI is InChI=1S/C14H19F3N2O2S/c1-19(10-11-6-7-11)22(20,21)18-9-8-12-4-2-3-5-13(12)14(15,16)17/h2-5,11,18H,6-10H2,1H3. The van der Waals surface area contributed by atoms with Crippen LogP contribution >= 0.6 is 0 Å². The second-order valence-electron chi connectivity index (χ2n) is 5.53. The van der Waals surface area contributed by atoms with Gasteiger partial charge in [-0.15, -0.1) is 0 Å². The third-order valence-corrected chi connectivity index (χ3v) is 5.16. The molecule has 1 N–H and O–H groups in total. The number of halogens is 3. The van der Waals surface area contributed by atoms with Crippen LogP contribution in [-0.4, -0.2) is 32.9 Å². The minimum atomic E-state index is -4.43. The predicted molar refractivity (Wildman–Crippen MR) is 77.4 cm³/mol. The number of benzene rings is 1. The van der Waals surface area contributed by atoms with Crippen LogP contribution in [0.4, 0.5) is 13.2 Å². The van der Waals surface area contributed by atoms with Crippen molar-refractivity contribution >= 4 is 10.2 Å². The lowest BCUT2D eigenvalue weighted by atomic mass is 10.0. The molecule has 0 amide bonds. The van der Waals surface area contributed by atoms with Gasteiger partial charge in [0.25, 0.3) is 10.2 Å². The molecule has 4 nitrogen and oxygen atoms in total. The molecular formula is C14H19F3N2O2S. The monoisotopic (exact) mass is 336 g/mol. The maximum Gasteiger partial charge on any atom is 0.416 e. The SMILES string of the molecule is CN(CC1CC1)S(=O)(=O)NCCc1ccccc1C(F)(F)F. The molecule has 8 heteroatoms. The van der Waals surface area contributed by atoms with Crippen molar-refractivity contribution in [3.05, 3.63) is 35.4 Å². The van der Waals surface area contributed by atoms with Crippen LogP contribution in [0, 0.1) is 5.92 Å². The van der Waals surface area contributed by atoms with E-state index in [0.29, 0.717) is 12.5 Å². The van der Waals surface area contributed by atoms with Crippen molar-refractivity contribution in [3.63, 3.8) is 0 Å². The van der Waals surface area contributed by atoms with Gasteiger partial charge >= 0.3 is 6.18 Å². The first-order chi connectivity index (χ1) is 10.2. The van der Waals surface area contributed by atoms with Gasteiger partial charge in [0, 0.05) is 20.1 Å². The van der Waals surface area contributed by atoms with E-state index in [1.807, 2.05) is 0 Å². The van der Waals surface area contributed by atoms with Crippen molar-refractivity contribution in [2.24, 2.45) is 5.92 Å². The van der Waals surface area contributed by atoms with Gasteiger partial charge in [-0.1, -0.05) is 18.2 Å². The fourth-order valence-corrected chi connectivity index (χ4v) is 3.19. The molecule has 1 fully saturated rings. The second kappa shape index (κ2) is 6.55. The van der Waals surface area contributed by atoms with Gasteiger partial charge in [0.2, 0.25) is 0 Å². The Labute approximate surface area is 128 Å². The molecule has 1 saturated carbocycles. The molecule has 1 aromatic carbocycles. The zero-order valence-corrected chi connectivity index (χ0v) is 13.0. The summed E-state index contributed by atoms with van der Waals surface area (Å²) in [7, 11) is -2.16. The molecule has 124 valence electrons. The van der Waals surface area contributed by atoms with Gasteiger partial charge in [-0.3, -0.25) is 0 Å². The molecule has 0 unspecified atom stereocenters. The Kier molecular flexibility index (Phi) is 5.14. The third kappa shape index (κ3) is 4.69. The Morgan fingerprint density at radius 2 is 1.91 bits per heavy atom. The lowest BCUT2D eigenvalue weighted by Crippen LogP contribution is -2.40. The Morgan fingerprint density at radius 3 is 2.50 bits per heavy atom. The molecule has 0 bridgehead atoms. The zero-order valence-electron chi connectivity index (χ0n) is 12.2. The first kappa shape index (κ1) is 17.2. The highest BCUT2D eigenvalue weighted by molar-refractivity contribution is 7.87. The molecule has 0 aromatic heterocycles. The zero-order chi connectivity index (χ0) is 16.4. The van der Waals surface area contributed by atoms with E-state index in [9.17, 15) is 21.6 Å². The van der Waals surface area contributed by atoms with Crippen LogP contribution in [0.2, 0.25) is 0 Å². The fourth-order valence-electron chi connectivity index (χ4n) is 2.20. The van der Waals surface area contributed by atoms with Crippen LogP contribution in [0.1, 0.15) is 24.0 Å². The van der Waals surface area contributed by atoms with E-state index < -0.39 is 21.9 Å².